The van der Waals surface area contributed by atoms with Crippen molar-refractivity contribution in [3.05, 3.63) is 34.9 Å². The van der Waals surface area contributed by atoms with E-state index < -0.39 is 22.9 Å². The van der Waals surface area contributed by atoms with Crippen molar-refractivity contribution < 1.29 is 18.5 Å². The summed E-state index contributed by atoms with van der Waals surface area (Å²) in [6.45, 7) is 6.12. The highest BCUT2D eigenvalue weighted by atomic mass is 35.5. The Morgan fingerprint density at radius 1 is 1.26 bits per heavy atom. The van der Waals surface area contributed by atoms with Crippen molar-refractivity contribution in [3.63, 3.8) is 0 Å². The number of benzene rings is 1. The molecule has 2 atom stereocenters. The van der Waals surface area contributed by atoms with Gasteiger partial charge in [0, 0.05) is 21.6 Å². The van der Waals surface area contributed by atoms with E-state index in [1.165, 1.54) is 0 Å². The van der Waals surface area contributed by atoms with Crippen LogP contribution in [0.2, 0.25) is 5.02 Å². The number of carbonyl (C=O) groups excluding carboxylic acids is 1. The first kappa shape index (κ1) is 20.1. The smallest absolute Gasteiger partial charge is 0.338 e. The first-order chi connectivity index (χ1) is 10.9. The van der Waals surface area contributed by atoms with E-state index in [4.69, 9.17) is 21.1 Å². The van der Waals surface area contributed by atoms with Crippen molar-refractivity contribution >= 4 is 28.4 Å². The molecule has 4 nitrogen and oxygen atoms in total. The Hall–Kier alpha value is -0.910. The van der Waals surface area contributed by atoms with Gasteiger partial charge in [-0.05, 0) is 44.5 Å². The fourth-order valence-corrected chi connectivity index (χ4v) is 3.30. The SMILES string of the molecule is CCCC[S@](=O)C[C@@H](COC(C)C)OC(=O)c1ccc(Cl)cc1. The zero-order valence-corrected chi connectivity index (χ0v) is 15.5. The molecule has 6 heteroatoms. The minimum absolute atomic E-state index is 0.0239. The number of hydrogen-bond donors (Lipinski definition) is 0. The molecule has 0 spiro atoms. The number of esters is 1. The molecule has 0 saturated heterocycles. The predicted molar refractivity (Wildman–Crippen MR) is 94.5 cm³/mol. The number of ether oxygens (including phenoxy) is 2. The van der Waals surface area contributed by atoms with Crippen molar-refractivity contribution in [2.24, 2.45) is 0 Å². The Morgan fingerprint density at radius 2 is 1.91 bits per heavy atom. The van der Waals surface area contributed by atoms with Gasteiger partial charge in [0.2, 0.25) is 0 Å². The number of halogens is 1. The van der Waals surface area contributed by atoms with Crippen LogP contribution >= 0.6 is 11.6 Å². The number of unbranched alkanes of at least 4 members (excludes halogenated alkanes) is 1. The third-order valence-corrected chi connectivity index (χ3v) is 4.81. The molecule has 0 saturated carbocycles. The summed E-state index contributed by atoms with van der Waals surface area (Å²) in [7, 11) is -1.02. The molecule has 1 aromatic carbocycles. The fourth-order valence-electron chi connectivity index (χ4n) is 1.82. The van der Waals surface area contributed by atoms with Crippen LogP contribution in [0.5, 0.6) is 0 Å². The lowest BCUT2D eigenvalue weighted by Crippen LogP contribution is -2.31. The molecule has 0 aliphatic carbocycles. The van der Waals surface area contributed by atoms with Gasteiger partial charge in [-0.15, -0.1) is 0 Å². The first-order valence-electron chi connectivity index (χ1n) is 7.85. The van der Waals surface area contributed by atoms with E-state index in [2.05, 4.69) is 6.92 Å². The molecule has 0 N–H and O–H groups in total. The number of hydrogen-bond acceptors (Lipinski definition) is 4. The fraction of sp³-hybridized carbons (Fsp3) is 0.588. The molecule has 0 bridgehead atoms. The second-order valence-electron chi connectivity index (χ2n) is 5.58. The van der Waals surface area contributed by atoms with Gasteiger partial charge in [0.1, 0.15) is 6.10 Å². The molecule has 0 aliphatic rings. The molecule has 1 aromatic rings. The van der Waals surface area contributed by atoms with Crippen LogP contribution < -0.4 is 0 Å². The van der Waals surface area contributed by atoms with Gasteiger partial charge in [0.25, 0.3) is 0 Å². The third-order valence-electron chi connectivity index (χ3n) is 3.07. The molecule has 0 unspecified atom stereocenters. The van der Waals surface area contributed by atoms with Crippen LogP contribution in [-0.4, -0.2) is 40.5 Å². The Labute approximate surface area is 146 Å². The summed E-state index contributed by atoms with van der Waals surface area (Å²) in [6.07, 6.45) is 1.40. The predicted octanol–water partition coefficient (Wildman–Crippen LogP) is 3.84. The quantitative estimate of drug-likeness (QED) is 0.595. The van der Waals surface area contributed by atoms with Crippen LogP contribution in [0.25, 0.3) is 0 Å². The maximum absolute atomic E-state index is 12.2. The van der Waals surface area contributed by atoms with Gasteiger partial charge < -0.3 is 9.47 Å². The van der Waals surface area contributed by atoms with Gasteiger partial charge >= 0.3 is 5.97 Å². The van der Waals surface area contributed by atoms with Crippen molar-refractivity contribution in [1.82, 2.24) is 0 Å². The highest BCUT2D eigenvalue weighted by molar-refractivity contribution is 7.85. The molecule has 23 heavy (non-hydrogen) atoms. The molecule has 0 radical (unpaired) electrons. The van der Waals surface area contributed by atoms with Crippen LogP contribution in [0.15, 0.2) is 24.3 Å². The molecule has 0 heterocycles. The van der Waals surface area contributed by atoms with Gasteiger partial charge in [-0.2, -0.15) is 0 Å². The maximum Gasteiger partial charge on any atom is 0.338 e. The summed E-state index contributed by atoms with van der Waals surface area (Å²) in [4.78, 5) is 12.2. The van der Waals surface area contributed by atoms with E-state index in [1.807, 2.05) is 13.8 Å². The summed E-state index contributed by atoms with van der Waals surface area (Å²) >= 11 is 5.81. The van der Waals surface area contributed by atoms with Crippen molar-refractivity contribution in [1.29, 1.82) is 0 Å². The Kier molecular flexibility index (Phi) is 9.44. The van der Waals surface area contributed by atoms with Crippen LogP contribution in [-0.2, 0) is 20.3 Å². The van der Waals surface area contributed by atoms with Gasteiger partial charge in [0.05, 0.1) is 24.0 Å². The topological polar surface area (TPSA) is 52.6 Å². The van der Waals surface area contributed by atoms with Gasteiger partial charge in [-0.3, -0.25) is 4.21 Å². The van der Waals surface area contributed by atoms with Crippen LogP contribution in [0.4, 0.5) is 0 Å². The van der Waals surface area contributed by atoms with Gasteiger partial charge in [-0.25, -0.2) is 4.79 Å². The zero-order valence-electron chi connectivity index (χ0n) is 13.9. The molecule has 0 amide bonds. The van der Waals surface area contributed by atoms with E-state index in [-0.39, 0.29) is 12.7 Å². The standard InChI is InChI=1S/C17H25ClO4S/c1-4-5-10-23(20)12-16(11-21-13(2)3)22-17(19)14-6-8-15(18)9-7-14/h6-9,13,16H,4-5,10-12H2,1-3H3/t16-,23+/m1/s1. The van der Waals surface area contributed by atoms with E-state index in [9.17, 15) is 9.00 Å². The average Bonchev–Trinajstić information content (AvgIpc) is 2.51. The normalized spacial score (nSPS) is 13.8. The van der Waals surface area contributed by atoms with E-state index in [1.54, 1.807) is 24.3 Å². The average molecular weight is 361 g/mol. The summed E-state index contributed by atoms with van der Waals surface area (Å²) in [5.41, 5.74) is 0.420. The van der Waals surface area contributed by atoms with Gasteiger partial charge in [-0.1, -0.05) is 24.9 Å². The highest BCUT2D eigenvalue weighted by Gasteiger charge is 2.19. The molecule has 1 rings (SSSR count). The minimum Gasteiger partial charge on any atom is -0.455 e. The monoisotopic (exact) mass is 360 g/mol. The highest BCUT2D eigenvalue weighted by Crippen LogP contribution is 2.12. The Bertz CT molecular complexity index is 502. The second kappa shape index (κ2) is 10.8. The number of rotatable bonds is 10. The molecular weight excluding hydrogens is 336 g/mol. The van der Waals surface area contributed by atoms with E-state index >= 15 is 0 Å². The van der Waals surface area contributed by atoms with Crippen molar-refractivity contribution in [3.8, 4) is 0 Å². The molecule has 130 valence electrons. The minimum atomic E-state index is -1.02. The summed E-state index contributed by atoms with van der Waals surface area (Å²) in [5, 5.41) is 0.557. The first-order valence-corrected chi connectivity index (χ1v) is 9.72. The van der Waals surface area contributed by atoms with Crippen LogP contribution in [0, 0.1) is 0 Å². The summed E-state index contributed by atoms with van der Waals surface area (Å²) in [6, 6.07) is 6.49. The van der Waals surface area contributed by atoms with Crippen molar-refractivity contribution in [2.75, 3.05) is 18.1 Å². The van der Waals surface area contributed by atoms with Gasteiger partial charge in [0.15, 0.2) is 0 Å². The van der Waals surface area contributed by atoms with E-state index in [0.717, 1.165) is 12.8 Å². The lowest BCUT2D eigenvalue weighted by molar-refractivity contribution is -0.0121. The number of carbonyl (C=O) groups is 1. The molecule has 0 aromatic heterocycles. The van der Waals surface area contributed by atoms with Crippen LogP contribution in [0.3, 0.4) is 0 Å². The Balaban J connectivity index is 2.64. The Morgan fingerprint density at radius 3 is 2.48 bits per heavy atom. The zero-order chi connectivity index (χ0) is 17.2. The second-order valence-corrected chi connectivity index (χ2v) is 7.64. The molecule has 0 fully saturated rings. The van der Waals surface area contributed by atoms with Crippen LogP contribution in [0.1, 0.15) is 44.0 Å². The molecular formula is C17H25ClO4S. The van der Waals surface area contributed by atoms with E-state index in [0.29, 0.717) is 22.1 Å². The third kappa shape index (κ3) is 8.49. The summed E-state index contributed by atoms with van der Waals surface area (Å²) < 4.78 is 23.1. The largest absolute Gasteiger partial charge is 0.455 e. The summed E-state index contributed by atoms with van der Waals surface area (Å²) in [5.74, 6) is 0.464. The van der Waals surface area contributed by atoms with Crippen molar-refractivity contribution in [2.45, 2.75) is 45.8 Å². The lowest BCUT2D eigenvalue weighted by atomic mass is 10.2. The lowest BCUT2D eigenvalue weighted by Gasteiger charge is -2.19. The maximum atomic E-state index is 12.2. The molecule has 0 aliphatic heterocycles.